The molecule has 3 N–H and O–H groups in total. The highest BCUT2D eigenvalue weighted by atomic mass is 16.5. The van der Waals surface area contributed by atoms with E-state index in [1.54, 1.807) is 36.4 Å². The molecule has 0 radical (unpaired) electrons. The molecule has 0 saturated heterocycles. The summed E-state index contributed by atoms with van der Waals surface area (Å²) in [5, 5.41) is 12.2. The molecule has 2 aromatic heterocycles. The van der Waals surface area contributed by atoms with Gasteiger partial charge in [-0.25, -0.2) is 4.98 Å². The third kappa shape index (κ3) is 4.93. The summed E-state index contributed by atoms with van der Waals surface area (Å²) >= 11 is 0. The average molecular weight is 383 g/mol. The lowest BCUT2D eigenvalue weighted by Crippen LogP contribution is -2.12. The molecule has 0 unspecified atom stereocenters. The molecule has 146 valence electrons. The van der Waals surface area contributed by atoms with Crippen molar-refractivity contribution in [2.45, 2.75) is 6.92 Å². The van der Waals surface area contributed by atoms with Gasteiger partial charge in [-0.05, 0) is 36.4 Å². The van der Waals surface area contributed by atoms with E-state index in [1.807, 2.05) is 0 Å². The van der Waals surface area contributed by atoms with Gasteiger partial charge in [0.15, 0.2) is 5.78 Å². The molecule has 1 aromatic carbocycles. The maximum absolute atomic E-state index is 12.4. The molecule has 1 amide bonds. The van der Waals surface area contributed by atoms with Crippen LogP contribution in [0.25, 0.3) is 11.0 Å². The second kappa shape index (κ2) is 9.12. The number of hydrogen-bond acceptors (Lipinski definition) is 6. The molecule has 3 aromatic rings. The van der Waals surface area contributed by atoms with Crippen LogP contribution in [0, 0.1) is 0 Å². The number of benzene rings is 1. The Labute approximate surface area is 161 Å². The van der Waals surface area contributed by atoms with Gasteiger partial charge in [-0.15, -0.1) is 0 Å². The van der Waals surface area contributed by atoms with Crippen molar-refractivity contribution in [3.05, 3.63) is 53.9 Å². The van der Waals surface area contributed by atoms with E-state index in [0.29, 0.717) is 41.6 Å². The topological polar surface area (TPSA) is 114 Å². The average Bonchev–Trinajstić information content (AvgIpc) is 3.12. The van der Waals surface area contributed by atoms with Crippen molar-refractivity contribution in [1.82, 2.24) is 9.97 Å². The second-order valence-electron chi connectivity index (χ2n) is 6.06. The Balaban J connectivity index is 1.59. The van der Waals surface area contributed by atoms with Crippen molar-refractivity contribution in [3.63, 3.8) is 0 Å². The van der Waals surface area contributed by atoms with E-state index in [9.17, 15) is 9.59 Å². The lowest BCUT2D eigenvalue weighted by Gasteiger charge is -2.08. The standard InChI is InChI=1S/C20H21N3O5/c1-13(25)18-11-15-10-16(12-21-19(15)23-18)22-20(26)14-2-4-17(5-3-14)28-9-8-27-7-6-24/h2-5,10-12,24H,6-9H2,1H3,(H,21,23)(H,22,26). The van der Waals surface area contributed by atoms with E-state index in [0.717, 1.165) is 5.39 Å². The van der Waals surface area contributed by atoms with Gasteiger partial charge in [-0.2, -0.15) is 0 Å². The number of pyridine rings is 1. The van der Waals surface area contributed by atoms with E-state index in [2.05, 4.69) is 15.3 Å². The Morgan fingerprint density at radius 1 is 1.14 bits per heavy atom. The second-order valence-corrected chi connectivity index (χ2v) is 6.06. The number of carbonyl (C=O) groups excluding carboxylic acids is 2. The number of aromatic nitrogens is 2. The molecular formula is C20H21N3O5. The molecule has 0 aliphatic carbocycles. The van der Waals surface area contributed by atoms with Gasteiger partial charge in [0.2, 0.25) is 0 Å². The predicted octanol–water partition coefficient (Wildman–Crippen LogP) is 2.41. The molecule has 0 spiro atoms. The summed E-state index contributed by atoms with van der Waals surface area (Å²) in [5.41, 5.74) is 2.08. The van der Waals surface area contributed by atoms with Gasteiger partial charge in [-0.1, -0.05) is 0 Å². The van der Waals surface area contributed by atoms with Crippen LogP contribution in [0.4, 0.5) is 5.69 Å². The number of aliphatic hydroxyl groups is 1. The Kier molecular flexibility index (Phi) is 6.36. The molecule has 0 fully saturated rings. The number of H-pyrrole nitrogens is 1. The summed E-state index contributed by atoms with van der Waals surface area (Å²) in [5.74, 6) is 0.267. The van der Waals surface area contributed by atoms with Gasteiger partial charge in [0.1, 0.15) is 18.0 Å². The van der Waals surface area contributed by atoms with Crippen molar-refractivity contribution < 1.29 is 24.2 Å². The van der Waals surface area contributed by atoms with E-state index in [1.165, 1.54) is 13.1 Å². The van der Waals surface area contributed by atoms with Crippen molar-refractivity contribution >= 4 is 28.4 Å². The molecule has 0 aliphatic rings. The van der Waals surface area contributed by atoms with Gasteiger partial charge < -0.3 is 24.9 Å². The Bertz CT molecular complexity index is 966. The van der Waals surface area contributed by atoms with Crippen LogP contribution >= 0.6 is 0 Å². The number of Topliss-reactive ketones (excluding diaryl/α,β-unsaturated/α-hetero) is 1. The number of rotatable bonds is 9. The first-order valence-corrected chi connectivity index (χ1v) is 8.79. The largest absolute Gasteiger partial charge is 0.491 e. The van der Waals surface area contributed by atoms with Crippen LogP contribution in [0.3, 0.4) is 0 Å². The Morgan fingerprint density at radius 3 is 2.64 bits per heavy atom. The molecule has 2 heterocycles. The molecule has 0 saturated carbocycles. The normalized spacial score (nSPS) is 10.8. The number of amides is 1. The van der Waals surface area contributed by atoms with Gasteiger partial charge in [-0.3, -0.25) is 9.59 Å². The highest BCUT2D eigenvalue weighted by Crippen LogP contribution is 2.19. The van der Waals surface area contributed by atoms with Crippen LogP contribution in [-0.4, -0.2) is 53.2 Å². The number of nitrogens with one attached hydrogen (secondary N) is 2. The number of ether oxygens (including phenoxy) is 2. The number of carbonyl (C=O) groups is 2. The zero-order valence-corrected chi connectivity index (χ0v) is 15.4. The van der Waals surface area contributed by atoms with Gasteiger partial charge in [0.25, 0.3) is 5.91 Å². The van der Waals surface area contributed by atoms with Crippen LogP contribution in [-0.2, 0) is 4.74 Å². The summed E-state index contributed by atoms with van der Waals surface area (Å²) in [6.07, 6.45) is 1.53. The summed E-state index contributed by atoms with van der Waals surface area (Å²) in [7, 11) is 0. The number of anilines is 1. The van der Waals surface area contributed by atoms with Crippen molar-refractivity contribution in [2.24, 2.45) is 0 Å². The monoisotopic (exact) mass is 383 g/mol. The van der Waals surface area contributed by atoms with Gasteiger partial charge in [0.05, 0.1) is 37.4 Å². The number of nitrogens with zero attached hydrogens (tertiary/aromatic N) is 1. The van der Waals surface area contributed by atoms with E-state index in [4.69, 9.17) is 14.6 Å². The minimum Gasteiger partial charge on any atom is -0.491 e. The first-order chi connectivity index (χ1) is 13.6. The fraction of sp³-hybridized carbons (Fsp3) is 0.250. The molecule has 0 atom stereocenters. The fourth-order valence-electron chi connectivity index (χ4n) is 2.56. The lowest BCUT2D eigenvalue weighted by atomic mass is 10.2. The Morgan fingerprint density at radius 2 is 1.93 bits per heavy atom. The van der Waals surface area contributed by atoms with Crippen molar-refractivity contribution in [3.8, 4) is 5.75 Å². The Hall–Kier alpha value is -3.23. The first kappa shape index (κ1) is 19.5. The van der Waals surface area contributed by atoms with Gasteiger partial charge in [0, 0.05) is 17.9 Å². The summed E-state index contributed by atoms with van der Waals surface area (Å²) in [6.45, 7) is 2.47. The first-order valence-electron chi connectivity index (χ1n) is 8.79. The quantitative estimate of drug-likeness (QED) is 0.386. The molecule has 8 nitrogen and oxygen atoms in total. The maximum Gasteiger partial charge on any atom is 0.255 e. The van der Waals surface area contributed by atoms with E-state index < -0.39 is 0 Å². The number of fused-ring (bicyclic) bond motifs is 1. The SMILES string of the molecule is CC(=O)c1cc2cc(NC(=O)c3ccc(OCCOCCO)cc3)cnc2[nH]1. The highest BCUT2D eigenvalue weighted by molar-refractivity contribution is 6.05. The number of hydrogen-bond donors (Lipinski definition) is 3. The lowest BCUT2D eigenvalue weighted by molar-refractivity contribution is 0.0705. The zero-order chi connectivity index (χ0) is 19.9. The van der Waals surface area contributed by atoms with E-state index >= 15 is 0 Å². The predicted molar refractivity (Wildman–Crippen MR) is 104 cm³/mol. The maximum atomic E-state index is 12.4. The molecule has 0 bridgehead atoms. The molecule has 3 rings (SSSR count). The summed E-state index contributed by atoms with van der Waals surface area (Å²) in [4.78, 5) is 31.0. The highest BCUT2D eigenvalue weighted by Gasteiger charge is 2.10. The minimum absolute atomic E-state index is 0.0196. The zero-order valence-electron chi connectivity index (χ0n) is 15.4. The summed E-state index contributed by atoms with van der Waals surface area (Å²) < 4.78 is 10.6. The summed E-state index contributed by atoms with van der Waals surface area (Å²) in [6, 6.07) is 10.2. The van der Waals surface area contributed by atoms with Crippen LogP contribution in [0.2, 0.25) is 0 Å². The number of ketones is 1. The molecular weight excluding hydrogens is 362 g/mol. The minimum atomic E-state index is -0.277. The molecule has 0 aliphatic heterocycles. The number of aliphatic hydroxyl groups excluding tert-OH is 1. The fourth-order valence-corrected chi connectivity index (χ4v) is 2.56. The third-order valence-corrected chi connectivity index (χ3v) is 3.96. The van der Waals surface area contributed by atoms with Crippen LogP contribution in [0.5, 0.6) is 5.75 Å². The van der Waals surface area contributed by atoms with Crippen LogP contribution in [0.15, 0.2) is 42.6 Å². The van der Waals surface area contributed by atoms with E-state index in [-0.39, 0.29) is 24.9 Å². The molecule has 28 heavy (non-hydrogen) atoms. The third-order valence-electron chi connectivity index (χ3n) is 3.96. The van der Waals surface area contributed by atoms with Crippen molar-refractivity contribution in [2.75, 3.05) is 31.7 Å². The van der Waals surface area contributed by atoms with Crippen LogP contribution in [0.1, 0.15) is 27.8 Å². The number of aromatic amines is 1. The van der Waals surface area contributed by atoms with Crippen molar-refractivity contribution in [1.29, 1.82) is 0 Å². The molecule has 8 heteroatoms. The van der Waals surface area contributed by atoms with Crippen LogP contribution < -0.4 is 10.1 Å². The smallest absolute Gasteiger partial charge is 0.255 e. The van der Waals surface area contributed by atoms with Gasteiger partial charge >= 0.3 is 0 Å².